The molecule has 2 unspecified atom stereocenters. The Balaban J connectivity index is 1.63. The molecule has 1 heterocycles. The van der Waals surface area contributed by atoms with Crippen LogP contribution in [0.1, 0.15) is 22.1 Å². The lowest BCUT2D eigenvalue weighted by atomic mass is 10.1. The van der Waals surface area contributed by atoms with Gasteiger partial charge in [-0.25, -0.2) is 0 Å². The van der Waals surface area contributed by atoms with Crippen LogP contribution in [0.5, 0.6) is 17.2 Å². The zero-order valence-electron chi connectivity index (χ0n) is 16.5. The summed E-state index contributed by atoms with van der Waals surface area (Å²) in [5, 5.41) is 12.2. The van der Waals surface area contributed by atoms with E-state index in [0.29, 0.717) is 30.5 Å². The van der Waals surface area contributed by atoms with Crippen molar-refractivity contribution in [2.75, 3.05) is 26.1 Å². The summed E-state index contributed by atoms with van der Waals surface area (Å²) in [5.74, 6) is 1.72. The minimum absolute atomic E-state index is 0.108. The monoisotopic (exact) mass is 481 g/mol. The van der Waals surface area contributed by atoms with E-state index >= 15 is 0 Å². The summed E-state index contributed by atoms with van der Waals surface area (Å²) < 4.78 is 18.0. The average Bonchev–Trinajstić information content (AvgIpc) is 3.19. The highest BCUT2D eigenvalue weighted by Crippen LogP contribution is 2.42. The van der Waals surface area contributed by atoms with E-state index in [2.05, 4.69) is 27.3 Å². The van der Waals surface area contributed by atoms with Crippen LogP contribution in [0.3, 0.4) is 0 Å². The lowest BCUT2D eigenvalue weighted by Crippen LogP contribution is -2.33. The lowest BCUT2D eigenvalue weighted by Gasteiger charge is -2.18. The van der Waals surface area contributed by atoms with Crippen LogP contribution in [0.4, 0.5) is 0 Å². The zero-order valence-corrected chi connectivity index (χ0v) is 18.9. The number of halogens is 1. The fourth-order valence-corrected chi connectivity index (χ4v) is 4.78. The highest BCUT2D eigenvalue weighted by atomic mass is 79.9. The van der Waals surface area contributed by atoms with Gasteiger partial charge in [-0.1, -0.05) is 12.1 Å². The molecule has 2 aromatic rings. The first kappa shape index (κ1) is 21.8. The van der Waals surface area contributed by atoms with Crippen molar-refractivity contribution in [3.05, 3.63) is 51.5 Å². The van der Waals surface area contributed by atoms with Gasteiger partial charge in [0.2, 0.25) is 0 Å². The van der Waals surface area contributed by atoms with E-state index in [9.17, 15) is 9.90 Å². The van der Waals surface area contributed by atoms with Crippen LogP contribution >= 0.6 is 27.7 Å². The van der Waals surface area contributed by atoms with Gasteiger partial charge < -0.3 is 19.3 Å². The molecule has 156 valence electrons. The first-order valence-electron chi connectivity index (χ1n) is 9.19. The number of methoxy groups -OCH3 is 1. The molecule has 0 radical (unpaired) electrons. The average molecular weight is 482 g/mol. The Kier molecular flexibility index (Phi) is 7.32. The molecule has 0 bridgehead atoms. The molecular weight excluding hydrogens is 458 g/mol. The van der Waals surface area contributed by atoms with Crippen molar-refractivity contribution in [1.82, 2.24) is 5.32 Å². The van der Waals surface area contributed by atoms with Gasteiger partial charge in [0.05, 0.1) is 17.0 Å². The van der Waals surface area contributed by atoms with Gasteiger partial charge in [0, 0.05) is 5.75 Å². The van der Waals surface area contributed by atoms with Gasteiger partial charge in [0.15, 0.2) is 11.5 Å². The first-order valence-corrected chi connectivity index (χ1v) is 11.0. The number of carboxylic acid groups (broad SMARTS) is 1. The van der Waals surface area contributed by atoms with Crippen LogP contribution in [0.2, 0.25) is 0 Å². The topological polar surface area (TPSA) is 77.0 Å². The molecule has 1 aliphatic rings. The number of nitrogens with one attached hydrogen (secondary N) is 1. The summed E-state index contributed by atoms with van der Waals surface area (Å²) in [6.07, 6.45) is 0. The van der Waals surface area contributed by atoms with Crippen molar-refractivity contribution < 1.29 is 24.1 Å². The largest absolute Gasteiger partial charge is 0.493 e. The first-order chi connectivity index (χ1) is 13.9. The van der Waals surface area contributed by atoms with Crippen molar-refractivity contribution >= 4 is 33.7 Å². The Morgan fingerprint density at radius 2 is 1.97 bits per heavy atom. The number of carboxylic acids is 1. The molecule has 2 atom stereocenters. The normalized spacial score (nSPS) is 18.5. The van der Waals surface area contributed by atoms with Crippen molar-refractivity contribution in [3.8, 4) is 17.2 Å². The van der Waals surface area contributed by atoms with E-state index in [1.54, 1.807) is 18.9 Å². The fraction of sp³-hybridized carbons (Fsp3) is 0.381. The predicted molar refractivity (Wildman–Crippen MR) is 117 cm³/mol. The maximum atomic E-state index is 11.2. The van der Waals surface area contributed by atoms with Gasteiger partial charge in [-0.2, -0.15) is 0 Å². The molecule has 8 heteroatoms. The summed E-state index contributed by atoms with van der Waals surface area (Å²) in [6.45, 7) is 4.81. The van der Waals surface area contributed by atoms with E-state index in [4.69, 9.17) is 14.2 Å². The van der Waals surface area contributed by atoms with E-state index < -0.39 is 12.0 Å². The van der Waals surface area contributed by atoms with E-state index in [-0.39, 0.29) is 5.37 Å². The number of benzene rings is 2. The molecule has 29 heavy (non-hydrogen) atoms. The van der Waals surface area contributed by atoms with Crippen LogP contribution in [-0.4, -0.2) is 43.2 Å². The number of thioether (sulfide) groups is 1. The SMILES string of the molecule is COc1cc(C2NC(C(=O)O)CS2)cc(Br)c1OCCOc1cc(C)ccc1C. The predicted octanol–water partition coefficient (Wildman–Crippen LogP) is 4.32. The van der Waals surface area contributed by atoms with E-state index in [0.717, 1.165) is 26.9 Å². The number of aryl methyl sites for hydroxylation is 2. The Hall–Kier alpha value is -1.90. The molecule has 6 nitrogen and oxygen atoms in total. The molecule has 0 aliphatic carbocycles. The second-order valence-electron chi connectivity index (χ2n) is 6.77. The summed E-state index contributed by atoms with van der Waals surface area (Å²) >= 11 is 5.11. The Bertz CT molecular complexity index is 892. The van der Waals surface area contributed by atoms with Gasteiger partial charge >= 0.3 is 5.97 Å². The third-order valence-corrected chi connectivity index (χ3v) is 6.42. The van der Waals surface area contributed by atoms with Crippen LogP contribution in [-0.2, 0) is 4.79 Å². The van der Waals surface area contributed by atoms with Crippen molar-refractivity contribution in [1.29, 1.82) is 0 Å². The number of ether oxygens (including phenoxy) is 3. The maximum Gasteiger partial charge on any atom is 0.321 e. The number of hydrogen-bond donors (Lipinski definition) is 2. The molecule has 0 amide bonds. The quantitative estimate of drug-likeness (QED) is 0.543. The third-order valence-electron chi connectivity index (χ3n) is 4.57. The van der Waals surface area contributed by atoms with Gasteiger partial charge in [0.1, 0.15) is 25.0 Å². The van der Waals surface area contributed by atoms with Gasteiger partial charge in [0.25, 0.3) is 0 Å². The van der Waals surface area contributed by atoms with Crippen LogP contribution in [0, 0.1) is 13.8 Å². The number of aliphatic carboxylic acids is 1. The van der Waals surface area contributed by atoms with Crippen LogP contribution in [0.15, 0.2) is 34.8 Å². The fourth-order valence-electron chi connectivity index (χ4n) is 3.00. The molecule has 1 aliphatic heterocycles. The summed E-state index contributed by atoms with van der Waals surface area (Å²) in [4.78, 5) is 11.2. The molecule has 0 spiro atoms. The van der Waals surface area contributed by atoms with Crippen LogP contribution < -0.4 is 19.5 Å². The van der Waals surface area contributed by atoms with Crippen molar-refractivity contribution in [3.63, 3.8) is 0 Å². The third kappa shape index (κ3) is 5.38. The molecule has 0 aromatic heterocycles. The van der Waals surface area contributed by atoms with Gasteiger partial charge in [-0.15, -0.1) is 11.8 Å². The molecular formula is C21H24BrNO5S. The minimum atomic E-state index is -0.838. The van der Waals surface area contributed by atoms with Crippen molar-refractivity contribution in [2.24, 2.45) is 0 Å². The van der Waals surface area contributed by atoms with E-state index in [1.165, 1.54) is 0 Å². The smallest absolute Gasteiger partial charge is 0.321 e. The second kappa shape index (κ2) is 9.73. The number of carbonyl (C=O) groups is 1. The molecule has 2 N–H and O–H groups in total. The number of hydrogen-bond acceptors (Lipinski definition) is 6. The summed E-state index contributed by atoms with van der Waals surface area (Å²) in [5.41, 5.74) is 3.16. The summed E-state index contributed by atoms with van der Waals surface area (Å²) in [6, 6.07) is 9.36. The van der Waals surface area contributed by atoms with Gasteiger partial charge in [-0.05, 0) is 64.7 Å². The molecule has 1 fully saturated rings. The molecule has 3 rings (SSSR count). The number of rotatable bonds is 8. The highest BCUT2D eigenvalue weighted by molar-refractivity contribution is 9.10. The maximum absolute atomic E-state index is 11.2. The summed E-state index contributed by atoms with van der Waals surface area (Å²) in [7, 11) is 1.58. The Labute approximate surface area is 183 Å². The Morgan fingerprint density at radius 1 is 1.21 bits per heavy atom. The van der Waals surface area contributed by atoms with Crippen LogP contribution in [0.25, 0.3) is 0 Å². The Morgan fingerprint density at radius 3 is 2.66 bits per heavy atom. The molecule has 1 saturated heterocycles. The highest BCUT2D eigenvalue weighted by Gasteiger charge is 2.31. The van der Waals surface area contributed by atoms with Crippen molar-refractivity contribution in [2.45, 2.75) is 25.3 Å². The second-order valence-corrected chi connectivity index (χ2v) is 8.76. The van der Waals surface area contributed by atoms with E-state index in [1.807, 2.05) is 38.1 Å². The lowest BCUT2D eigenvalue weighted by molar-refractivity contribution is -0.138. The zero-order chi connectivity index (χ0) is 21.0. The molecule has 0 saturated carbocycles. The standard InChI is InChI=1S/C21H24BrNO5S/c1-12-4-5-13(2)17(8-12)27-6-7-28-19-15(22)9-14(10-18(19)26-3)20-23-16(11-29-20)21(24)25/h4-5,8-10,16,20,23H,6-7,11H2,1-3H3,(H,24,25). The molecule has 2 aromatic carbocycles. The minimum Gasteiger partial charge on any atom is -0.493 e. The van der Waals surface area contributed by atoms with Gasteiger partial charge in [-0.3, -0.25) is 10.1 Å².